The summed E-state index contributed by atoms with van der Waals surface area (Å²) in [5.41, 5.74) is 4.88. The highest BCUT2D eigenvalue weighted by Gasteiger charge is 2.33. The molecule has 2 amide bonds. The molecule has 0 aromatic heterocycles. The number of anilines is 2. The van der Waals surface area contributed by atoms with Gasteiger partial charge in [-0.2, -0.15) is 0 Å². The lowest BCUT2D eigenvalue weighted by Crippen LogP contribution is -2.49. The number of hydrogen-bond acceptors (Lipinski definition) is 4. The van der Waals surface area contributed by atoms with Crippen molar-refractivity contribution in [3.05, 3.63) is 59.2 Å². The molecule has 2 aromatic rings. The van der Waals surface area contributed by atoms with Crippen molar-refractivity contribution in [2.24, 2.45) is 5.92 Å². The van der Waals surface area contributed by atoms with Gasteiger partial charge in [0.25, 0.3) is 5.91 Å². The Labute approximate surface area is 196 Å². The number of carbonyl (C=O) groups is 2. The van der Waals surface area contributed by atoms with Crippen LogP contribution in [0.25, 0.3) is 0 Å². The van der Waals surface area contributed by atoms with E-state index in [0.29, 0.717) is 6.54 Å². The first-order valence-corrected chi connectivity index (χ1v) is 12.3. The van der Waals surface area contributed by atoms with Crippen LogP contribution in [0.15, 0.2) is 42.5 Å². The highest BCUT2D eigenvalue weighted by Crippen LogP contribution is 2.34. The molecule has 5 rings (SSSR count). The molecule has 1 N–H and O–H groups in total. The third-order valence-electron chi connectivity index (χ3n) is 7.16. The second-order valence-corrected chi connectivity index (χ2v) is 9.88. The lowest BCUT2D eigenvalue weighted by Gasteiger charge is -2.41. The summed E-state index contributed by atoms with van der Waals surface area (Å²) < 4.78 is 0. The average molecular weight is 447 g/mol. The van der Waals surface area contributed by atoms with E-state index in [1.807, 2.05) is 23.1 Å². The van der Waals surface area contributed by atoms with Gasteiger partial charge in [0.15, 0.2) is 0 Å². The van der Waals surface area contributed by atoms with E-state index in [0.717, 1.165) is 68.8 Å². The first-order valence-electron chi connectivity index (χ1n) is 12.3. The van der Waals surface area contributed by atoms with Gasteiger partial charge in [0, 0.05) is 44.3 Å². The first-order chi connectivity index (χ1) is 16.0. The molecule has 0 spiro atoms. The minimum atomic E-state index is 0.0248. The Morgan fingerprint density at radius 1 is 0.970 bits per heavy atom. The van der Waals surface area contributed by atoms with Gasteiger partial charge in [0.2, 0.25) is 5.91 Å². The Hall–Kier alpha value is -2.86. The number of amides is 2. The van der Waals surface area contributed by atoms with Crippen LogP contribution in [0.3, 0.4) is 0 Å². The molecule has 3 fully saturated rings. The number of benzene rings is 2. The molecule has 1 saturated carbocycles. The van der Waals surface area contributed by atoms with Gasteiger partial charge in [0.1, 0.15) is 0 Å². The van der Waals surface area contributed by atoms with Crippen LogP contribution in [0, 0.1) is 12.8 Å². The molecule has 2 aliphatic heterocycles. The van der Waals surface area contributed by atoms with Crippen LogP contribution in [-0.2, 0) is 4.79 Å². The molecule has 0 unspecified atom stereocenters. The van der Waals surface area contributed by atoms with E-state index in [9.17, 15) is 9.59 Å². The summed E-state index contributed by atoms with van der Waals surface area (Å²) in [5.74, 6) is 0.332. The summed E-state index contributed by atoms with van der Waals surface area (Å²) in [6.07, 6.45) is 4.22. The van der Waals surface area contributed by atoms with Gasteiger partial charge in [-0.15, -0.1) is 0 Å². The number of nitrogens with one attached hydrogen (secondary N) is 1. The van der Waals surface area contributed by atoms with Gasteiger partial charge < -0.3 is 20.0 Å². The molecular formula is C27H34N4O2. The number of carbonyl (C=O) groups excluding carboxylic acids is 2. The third-order valence-corrected chi connectivity index (χ3v) is 7.16. The van der Waals surface area contributed by atoms with Gasteiger partial charge >= 0.3 is 0 Å². The van der Waals surface area contributed by atoms with Gasteiger partial charge in [0.05, 0.1) is 17.3 Å². The number of nitrogens with zero attached hydrogens (tertiary/aromatic N) is 3. The van der Waals surface area contributed by atoms with Crippen LogP contribution in [0.5, 0.6) is 0 Å². The Balaban J connectivity index is 1.47. The van der Waals surface area contributed by atoms with E-state index < -0.39 is 0 Å². The second kappa shape index (κ2) is 9.18. The molecule has 0 radical (unpaired) electrons. The smallest absolute Gasteiger partial charge is 0.256 e. The maximum Gasteiger partial charge on any atom is 0.256 e. The summed E-state index contributed by atoms with van der Waals surface area (Å²) in [6.45, 7) is 6.39. The van der Waals surface area contributed by atoms with Gasteiger partial charge in [-0.3, -0.25) is 9.59 Å². The van der Waals surface area contributed by atoms with Crippen molar-refractivity contribution in [1.29, 1.82) is 0 Å². The monoisotopic (exact) mass is 446 g/mol. The van der Waals surface area contributed by atoms with Gasteiger partial charge in [-0.1, -0.05) is 29.8 Å². The third kappa shape index (κ3) is 4.76. The average Bonchev–Trinajstić information content (AvgIpc) is 3.53. The normalized spacial score (nSPS) is 21.3. The Morgan fingerprint density at radius 2 is 1.76 bits per heavy atom. The molecule has 174 valence electrons. The molecule has 0 bridgehead atoms. The summed E-state index contributed by atoms with van der Waals surface area (Å²) in [6, 6.07) is 14.4. The summed E-state index contributed by atoms with van der Waals surface area (Å²) in [7, 11) is 2.12. The van der Waals surface area contributed by atoms with Crippen molar-refractivity contribution >= 4 is 23.2 Å². The maximum absolute atomic E-state index is 14.0. The SMILES string of the molecule is Cc1cccc([C@H]2CN(C)CCN2C(=O)c2ccc(NC(=O)C3CC3)cc2N2CCCC2)c1. The van der Waals surface area contributed by atoms with Crippen LogP contribution in [0.4, 0.5) is 11.4 Å². The Kier molecular flexibility index (Phi) is 6.11. The highest BCUT2D eigenvalue weighted by atomic mass is 16.2. The van der Waals surface area contributed by atoms with Crippen molar-refractivity contribution in [2.45, 2.75) is 38.6 Å². The van der Waals surface area contributed by atoms with Crippen LogP contribution >= 0.6 is 0 Å². The van der Waals surface area contributed by atoms with Crippen LogP contribution in [0.1, 0.15) is 53.2 Å². The van der Waals surface area contributed by atoms with E-state index in [-0.39, 0.29) is 23.8 Å². The molecule has 6 nitrogen and oxygen atoms in total. The zero-order chi connectivity index (χ0) is 22.9. The van der Waals surface area contributed by atoms with E-state index in [2.05, 4.69) is 53.4 Å². The van der Waals surface area contributed by atoms with Crippen LogP contribution < -0.4 is 10.2 Å². The van der Waals surface area contributed by atoms with Crippen molar-refractivity contribution < 1.29 is 9.59 Å². The van der Waals surface area contributed by atoms with E-state index in [1.54, 1.807) is 0 Å². The largest absolute Gasteiger partial charge is 0.371 e. The molecule has 1 atom stereocenters. The minimum absolute atomic E-state index is 0.0248. The molecule has 1 aliphatic carbocycles. The fraction of sp³-hybridized carbons (Fsp3) is 0.481. The Morgan fingerprint density at radius 3 is 2.48 bits per heavy atom. The van der Waals surface area contributed by atoms with E-state index in [4.69, 9.17) is 0 Å². The number of piperazine rings is 1. The van der Waals surface area contributed by atoms with Crippen molar-refractivity contribution in [2.75, 3.05) is 50.0 Å². The number of rotatable bonds is 5. The number of likely N-dealkylation sites (N-methyl/N-ethyl adjacent to an activating group) is 1. The summed E-state index contributed by atoms with van der Waals surface area (Å²) in [4.78, 5) is 33.0. The van der Waals surface area contributed by atoms with Gasteiger partial charge in [-0.05, 0) is 63.4 Å². The van der Waals surface area contributed by atoms with Gasteiger partial charge in [-0.25, -0.2) is 0 Å². The fourth-order valence-corrected chi connectivity index (χ4v) is 5.08. The van der Waals surface area contributed by atoms with Crippen molar-refractivity contribution in [3.8, 4) is 0 Å². The van der Waals surface area contributed by atoms with Crippen LogP contribution in [0.2, 0.25) is 0 Å². The molecule has 3 aliphatic rings. The molecular weight excluding hydrogens is 412 g/mol. The minimum Gasteiger partial charge on any atom is -0.371 e. The van der Waals surface area contributed by atoms with Crippen molar-refractivity contribution in [3.63, 3.8) is 0 Å². The van der Waals surface area contributed by atoms with E-state index in [1.165, 1.54) is 11.1 Å². The Bertz CT molecular complexity index is 1040. The molecule has 2 saturated heterocycles. The molecule has 6 heteroatoms. The lowest BCUT2D eigenvalue weighted by molar-refractivity contribution is -0.117. The van der Waals surface area contributed by atoms with E-state index >= 15 is 0 Å². The molecule has 33 heavy (non-hydrogen) atoms. The zero-order valence-electron chi connectivity index (χ0n) is 19.7. The second-order valence-electron chi connectivity index (χ2n) is 9.88. The fourth-order valence-electron chi connectivity index (χ4n) is 5.08. The lowest BCUT2D eigenvalue weighted by atomic mass is 9.99. The summed E-state index contributed by atoms with van der Waals surface area (Å²) in [5, 5.41) is 3.06. The zero-order valence-corrected chi connectivity index (χ0v) is 19.7. The molecule has 2 aromatic carbocycles. The molecule has 2 heterocycles. The predicted octanol–water partition coefficient (Wildman–Crippen LogP) is 4.07. The van der Waals surface area contributed by atoms with Crippen LogP contribution in [-0.4, -0.2) is 61.4 Å². The summed E-state index contributed by atoms with van der Waals surface area (Å²) >= 11 is 0. The quantitative estimate of drug-likeness (QED) is 0.752. The topological polar surface area (TPSA) is 55.9 Å². The van der Waals surface area contributed by atoms with Crippen molar-refractivity contribution in [1.82, 2.24) is 9.80 Å². The first kappa shape index (κ1) is 22.0. The predicted molar refractivity (Wildman–Crippen MR) is 132 cm³/mol. The number of aryl methyl sites for hydroxylation is 1. The maximum atomic E-state index is 14.0. The standard InChI is InChI=1S/C27H34N4O2/c1-19-6-5-7-21(16-19)25-18-29(2)14-15-31(25)27(33)23-11-10-22(28-26(32)20-8-9-20)17-24(23)30-12-3-4-13-30/h5-7,10-11,16-17,20,25H,3-4,8-9,12-15,18H2,1-2H3,(H,28,32)/t25-/m1/s1. The highest BCUT2D eigenvalue weighted by molar-refractivity contribution is 6.02. The number of hydrogen-bond donors (Lipinski definition) is 1.